The molecule has 0 saturated carbocycles. The van der Waals surface area contributed by atoms with Crippen LogP contribution in [-0.2, 0) is 6.54 Å². The van der Waals surface area contributed by atoms with E-state index in [1.807, 2.05) is 24.3 Å². The van der Waals surface area contributed by atoms with Gasteiger partial charge in [0, 0.05) is 16.6 Å². The van der Waals surface area contributed by atoms with Gasteiger partial charge in [-0.05, 0) is 43.3 Å². The van der Waals surface area contributed by atoms with E-state index >= 15 is 0 Å². The Balaban J connectivity index is 2.24. The van der Waals surface area contributed by atoms with E-state index in [-0.39, 0.29) is 0 Å². The minimum absolute atomic E-state index is 0.426. The highest BCUT2D eigenvalue weighted by Crippen LogP contribution is 2.36. The van der Waals surface area contributed by atoms with Crippen molar-refractivity contribution in [1.29, 1.82) is 0 Å². The minimum Gasteiger partial charge on any atom is -0.455 e. The van der Waals surface area contributed by atoms with Crippen LogP contribution in [0, 0.1) is 0 Å². The van der Waals surface area contributed by atoms with Crippen molar-refractivity contribution in [2.75, 3.05) is 6.54 Å². The Kier molecular flexibility index (Phi) is 6.37. The largest absolute Gasteiger partial charge is 0.455 e. The van der Waals surface area contributed by atoms with Gasteiger partial charge >= 0.3 is 0 Å². The summed E-state index contributed by atoms with van der Waals surface area (Å²) in [6.45, 7) is 3.84. The SMILES string of the molecule is CCCNCc1cc(Br)ccc1Oc1cccc(Cl)c1Cl. The van der Waals surface area contributed by atoms with Gasteiger partial charge < -0.3 is 10.1 Å². The highest BCUT2D eigenvalue weighted by Gasteiger charge is 2.10. The standard InChI is InChI=1S/C16H16BrCl2NO/c1-2-8-20-10-11-9-12(17)6-7-14(11)21-15-5-3-4-13(18)16(15)19/h3-7,9,20H,2,8,10H2,1H3. The highest BCUT2D eigenvalue weighted by molar-refractivity contribution is 9.10. The Labute approximate surface area is 143 Å². The lowest BCUT2D eigenvalue weighted by Crippen LogP contribution is -2.14. The normalized spacial score (nSPS) is 10.7. The molecule has 0 saturated heterocycles. The van der Waals surface area contributed by atoms with Crippen LogP contribution < -0.4 is 10.1 Å². The molecule has 2 aromatic rings. The summed E-state index contributed by atoms with van der Waals surface area (Å²) in [4.78, 5) is 0. The van der Waals surface area contributed by atoms with E-state index in [2.05, 4.69) is 28.2 Å². The molecule has 2 aromatic carbocycles. The van der Waals surface area contributed by atoms with Crippen LogP contribution >= 0.6 is 39.1 Å². The molecule has 5 heteroatoms. The molecular weight excluding hydrogens is 373 g/mol. The van der Waals surface area contributed by atoms with Crippen molar-refractivity contribution in [3.63, 3.8) is 0 Å². The molecule has 0 aliphatic rings. The second kappa shape index (κ2) is 8.04. The lowest BCUT2D eigenvalue weighted by molar-refractivity contribution is 0.473. The summed E-state index contributed by atoms with van der Waals surface area (Å²) in [6.07, 6.45) is 1.09. The number of benzene rings is 2. The highest BCUT2D eigenvalue weighted by atomic mass is 79.9. The third-order valence-corrected chi connectivity index (χ3v) is 4.20. The molecule has 0 spiro atoms. The van der Waals surface area contributed by atoms with Crippen LogP contribution in [0.15, 0.2) is 40.9 Å². The summed E-state index contributed by atoms with van der Waals surface area (Å²) in [5.74, 6) is 1.33. The molecule has 112 valence electrons. The molecule has 0 radical (unpaired) electrons. The molecular formula is C16H16BrCl2NO. The molecule has 0 fully saturated rings. The lowest BCUT2D eigenvalue weighted by Gasteiger charge is -2.13. The number of rotatable bonds is 6. The Morgan fingerprint density at radius 2 is 1.95 bits per heavy atom. The van der Waals surface area contributed by atoms with E-state index in [0.29, 0.717) is 15.8 Å². The topological polar surface area (TPSA) is 21.3 Å². The van der Waals surface area contributed by atoms with E-state index in [1.54, 1.807) is 12.1 Å². The van der Waals surface area contributed by atoms with E-state index in [0.717, 1.165) is 35.3 Å². The van der Waals surface area contributed by atoms with Crippen molar-refractivity contribution >= 4 is 39.1 Å². The van der Waals surface area contributed by atoms with Gasteiger partial charge in [-0.15, -0.1) is 0 Å². The van der Waals surface area contributed by atoms with Gasteiger partial charge in [0.2, 0.25) is 0 Å². The van der Waals surface area contributed by atoms with Crippen LogP contribution in [0.1, 0.15) is 18.9 Å². The van der Waals surface area contributed by atoms with Crippen molar-refractivity contribution in [3.05, 3.63) is 56.5 Å². The molecule has 0 aliphatic heterocycles. The molecule has 0 amide bonds. The monoisotopic (exact) mass is 387 g/mol. The molecule has 0 unspecified atom stereocenters. The van der Waals surface area contributed by atoms with E-state index < -0.39 is 0 Å². The fraction of sp³-hybridized carbons (Fsp3) is 0.250. The molecule has 0 heterocycles. The number of nitrogens with one attached hydrogen (secondary N) is 1. The first kappa shape index (κ1) is 16.6. The first-order valence-electron chi connectivity index (χ1n) is 6.73. The summed E-state index contributed by atoms with van der Waals surface area (Å²) >= 11 is 15.7. The summed E-state index contributed by atoms with van der Waals surface area (Å²) in [7, 11) is 0. The molecule has 2 nitrogen and oxygen atoms in total. The predicted molar refractivity (Wildman–Crippen MR) is 92.7 cm³/mol. The lowest BCUT2D eigenvalue weighted by atomic mass is 10.2. The Morgan fingerprint density at radius 1 is 1.14 bits per heavy atom. The smallest absolute Gasteiger partial charge is 0.147 e. The van der Waals surface area contributed by atoms with Gasteiger partial charge in [0.05, 0.1) is 5.02 Å². The molecule has 1 N–H and O–H groups in total. The second-order valence-electron chi connectivity index (χ2n) is 4.58. The number of ether oxygens (including phenoxy) is 1. The van der Waals surface area contributed by atoms with Crippen molar-refractivity contribution in [2.45, 2.75) is 19.9 Å². The maximum Gasteiger partial charge on any atom is 0.147 e. The fourth-order valence-corrected chi connectivity index (χ4v) is 2.61. The molecule has 0 aromatic heterocycles. The van der Waals surface area contributed by atoms with Crippen LogP contribution in [0.3, 0.4) is 0 Å². The zero-order valence-corrected chi connectivity index (χ0v) is 14.7. The molecule has 21 heavy (non-hydrogen) atoms. The zero-order chi connectivity index (χ0) is 15.2. The molecule has 0 aliphatic carbocycles. The first-order valence-corrected chi connectivity index (χ1v) is 8.27. The summed E-state index contributed by atoms with van der Waals surface area (Å²) in [5.41, 5.74) is 1.06. The molecule has 2 rings (SSSR count). The average Bonchev–Trinajstić information content (AvgIpc) is 2.46. The van der Waals surface area contributed by atoms with Crippen LogP contribution in [0.4, 0.5) is 0 Å². The van der Waals surface area contributed by atoms with Gasteiger partial charge in [-0.25, -0.2) is 0 Å². The van der Waals surface area contributed by atoms with Crippen LogP contribution in [0.2, 0.25) is 10.0 Å². The van der Waals surface area contributed by atoms with Crippen LogP contribution in [-0.4, -0.2) is 6.54 Å². The van der Waals surface area contributed by atoms with Gasteiger partial charge in [-0.2, -0.15) is 0 Å². The van der Waals surface area contributed by atoms with Crippen molar-refractivity contribution in [2.24, 2.45) is 0 Å². The average molecular weight is 389 g/mol. The Morgan fingerprint density at radius 3 is 2.71 bits per heavy atom. The number of halogens is 3. The third-order valence-electron chi connectivity index (χ3n) is 2.90. The quantitative estimate of drug-likeness (QED) is 0.608. The summed E-state index contributed by atoms with van der Waals surface area (Å²) < 4.78 is 6.94. The fourth-order valence-electron chi connectivity index (χ4n) is 1.87. The predicted octanol–water partition coefficient (Wildman–Crippen LogP) is 6.05. The Bertz CT molecular complexity index is 619. The minimum atomic E-state index is 0.426. The van der Waals surface area contributed by atoms with Gasteiger partial charge in [-0.3, -0.25) is 0 Å². The van der Waals surface area contributed by atoms with E-state index in [9.17, 15) is 0 Å². The summed E-state index contributed by atoms with van der Waals surface area (Å²) in [6, 6.07) is 11.3. The molecule has 0 atom stereocenters. The van der Waals surface area contributed by atoms with Crippen molar-refractivity contribution in [3.8, 4) is 11.5 Å². The van der Waals surface area contributed by atoms with Crippen molar-refractivity contribution < 1.29 is 4.74 Å². The number of hydrogen-bond acceptors (Lipinski definition) is 2. The Hall–Kier alpha value is -0.740. The second-order valence-corrected chi connectivity index (χ2v) is 6.28. The maximum atomic E-state index is 6.17. The molecule has 0 bridgehead atoms. The van der Waals surface area contributed by atoms with E-state index in [4.69, 9.17) is 27.9 Å². The maximum absolute atomic E-state index is 6.17. The third kappa shape index (κ3) is 4.62. The zero-order valence-electron chi connectivity index (χ0n) is 11.6. The first-order chi connectivity index (χ1) is 10.1. The van der Waals surface area contributed by atoms with Crippen LogP contribution in [0.25, 0.3) is 0 Å². The number of hydrogen-bond donors (Lipinski definition) is 1. The van der Waals surface area contributed by atoms with E-state index in [1.165, 1.54) is 0 Å². The van der Waals surface area contributed by atoms with Gasteiger partial charge in [0.1, 0.15) is 16.5 Å². The summed E-state index contributed by atoms with van der Waals surface area (Å²) in [5, 5.41) is 4.28. The van der Waals surface area contributed by atoms with Gasteiger partial charge in [0.25, 0.3) is 0 Å². The van der Waals surface area contributed by atoms with Crippen molar-refractivity contribution in [1.82, 2.24) is 5.32 Å². The van der Waals surface area contributed by atoms with Crippen LogP contribution in [0.5, 0.6) is 11.5 Å². The van der Waals surface area contributed by atoms with Gasteiger partial charge in [-0.1, -0.05) is 52.1 Å². The van der Waals surface area contributed by atoms with Gasteiger partial charge in [0.15, 0.2) is 0 Å².